The summed E-state index contributed by atoms with van der Waals surface area (Å²) in [5.41, 5.74) is 2.88. The van der Waals surface area contributed by atoms with Crippen LogP contribution in [0.1, 0.15) is 40.2 Å². The van der Waals surface area contributed by atoms with E-state index in [0.29, 0.717) is 5.92 Å². The molecule has 0 bridgehead atoms. The largest absolute Gasteiger partial charge is 0.356 e. The van der Waals surface area contributed by atoms with Crippen LogP contribution < -0.4 is 0 Å². The van der Waals surface area contributed by atoms with Crippen LogP contribution in [0.15, 0.2) is 42.7 Å². The van der Waals surface area contributed by atoms with Gasteiger partial charge in [0.2, 0.25) is 0 Å². The lowest BCUT2D eigenvalue weighted by molar-refractivity contribution is 0.103. The second-order valence-corrected chi connectivity index (χ2v) is 4.76. The van der Waals surface area contributed by atoms with Crippen molar-refractivity contribution in [2.24, 2.45) is 7.05 Å². The molecule has 0 saturated heterocycles. The average molecular weight is 225 g/mol. The Kier molecular flexibility index (Phi) is 2.36. The van der Waals surface area contributed by atoms with E-state index in [9.17, 15) is 4.79 Å². The Morgan fingerprint density at radius 1 is 1.18 bits per heavy atom. The predicted molar refractivity (Wildman–Crippen MR) is 67.3 cm³/mol. The first kappa shape index (κ1) is 10.3. The van der Waals surface area contributed by atoms with Crippen molar-refractivity contribution in [2.75, 3.05) is 0 Å². The van der Waals surface area contributed by atoms with Crippen LogP contribution in [-0.2, 0) is 7.05 Å². The van der Waals surface area contributed by atoms with Crippen LogP contribution in [0.2, 0.25) is 0 Å². The van der Waals surface area contributed by atoms with Gasteiger partial charge < -0.3 is 4.57 Å². The second-order valence-electron chi connectivity index (χ2n) is 4.76. The first-order valence-electron chi connectivity index (χ1n) is 6.01. The topological polar surface area (TPSA) is 22.0 Å². The van der Waals surface area contributed by atoms with Crippen molar-refractivity contribution >= 4 is 5.78 Å². The zero-order valence-electron chi connectivity index (χ0n) is 9.89. The molecule has 2 heteroatoms. The van der Waals surface area contributed by atoms with E-state index in [4.69, 9.17) is 0 Å². The summed E-state index contributed by atoms with van der Waals surface area (Å²) in [6.07, 6.45) is 6.48. The molecule has 2 nitrogen and oxygen atoms in total. The van der Waals surface area contributed by atoms with Crippen molar-refractivity contribution in [3.05, 3.63) is 59.4 Å². The molecule has 0 aliphatic heterocycles. The third-order valence-electron chi connectivity index (χ3n) is 3.28. The lowest BCUT2D eigenvalue weighted by atomic mass is 10.0. The number of carbonyl (C=O) groups excluding carboxylic acids is 1. The maximum Gasteiger partial charge on any atom is 0.194 e. The SMILES string of the molecule is Cn1cc(C(=O)c2ccccc2)c(C2CC2)c1. The highest BCUT2D eigenvalue weighted by atomic mass is 16.1. The fraction of sp³-hybridized carbons (Fsp3) is 0.267. The smallest absolute Gasteiger partial charge is 0.194 e. The molecule has 1 aromatic heterocycles. The van der Waals surface area contributed by atoms with Crippen LogP contribution in [0.25, 0.3) is 0 Å². The molecule has 1 aromatic carbocycles. The summed E-state index contributed by atoms with van der Waals surface area (Å²) >= 11 is 0. The Labute approximate surface area is 101 Å². The maximum atomic E-state index is 12.4. The van der Waals surface area contributed by atoms with Gasteiger partial charge in [-0.2, -0.15) is 0 Å². The van der Waals surface area contributed by atoms with E-state index in [1.165, 1.54) is 18.4 Å². The zero-order valence-corrected chi connectivity index (χ0v) is 9.89. The first-order valence-corrected chi connectivity index (χ1v) is 6.01. The monoisotopic (exact) mass is 225 g/mol. The van der Waals surface area contributed by atoms with Gasteiger partial charge in [0, 0.05) is 30.6 Å². The third kappa shape index (κ3) is 1.91. The maximum absolute atomic E-state index is 12.4. The Morgan fingerprint density at radius 2 is 1.88 bits per heavy atom. The number of hydrogen-bond acceptors (Lipinski definition) is 1. The summed E-state index contributed by atoms with van der Waals surface area (Å²) in [6, 6.07) is 9.52. The van der Waals surface area contributed by atoms with E-state index in [-0.39, 0.29) is 5.78 Å². The Balaban J connectivity index is 2.01. The van der Waals surface area contributed by atoms with Crippen molar-refractivity contribution in [2.45, 2.75) is 18.8 Å². The number of hydrogen-bond donors (Lipinski definition) is 0. The van der Waals surface area contributed by atoms with Gasteiger partial charge in [-0.1, -0.05) is 30.3 Å². The number of nitrogens with zero attached hydrogens (tertiary/aromatic N) is 1. The number of aromatic nitrogens is 1. The van der Waals surface area contributed by atoms with Crippen LogP contribution in [-0.4, -0.2) is 10.4 Å². The van der Waals surface area contributed by atoms with Gasteiger partial charge in [-0.25, -0.2) is 0 Å². The molecule has 86 valence electrons. The van der Waals surface area contributed by atoms with E-state index < -0.39 is 0 Å². The molecule has 1 aliphatic carbocycles. The van der Waals surface area contributed by atoms with Gasteiger partial charge in [-0.05, 0) is 24.3 Å². The molecule has 0 radical (unpaired) electrons. The standard InChI is InChI=1S/C15H15NO/c1-16-9-13(11-7-8-11)14(10-16)15(17)12-5-3-2-4-6-12/h2-6,9-11H,7-8H2,1H3. The van der Waals surface area contributed by atoms with Gasteiger partial charge in [0.25, 0.3) is 0 Å². The Bertz CT molecular complexity index is 550. The minimum atomic E-state index is 0.146. The summed E-state index contributed by atoms with van der Waals surface area (Å²) in [5.74, 6) is 0.756. The third-order valence-corrected chi connectivity index (χ3v) is 3.28. The molecule has 0 N–H and O–H groups in total. The van der Waals surface area contributed by atoms with E-state index in [1.54, 1.807) is 0 Å². The van der Waals surface area contributed by atoms with Crippen LogP contribution >= 0.6 is 0 Å². The summed E-state index contributed by atoms with van der Waals surface area (Å²) in [6.45, 7) is 0. The van der Waals surface area contributed by atoms with Crippen LogP contribution in [0.4, 0.5) is 0 Å². The van der Waals surface area contributed by atoms with Gasteiger partial charge in [-0.3, -0.25) is 4.79 Å². The molecule has 1 heterocycles. The van der Waals surface area contributed by atoms with Crippen molar-refractivity contribution in [3.63, 3.8) is 0 Å². The Morgan fingerprint density at radius 3 is 2.53 bits per heavy atom. The molecule has 0 atom stereocenters. The quantitative estimate of drug-likeness (QED) is 0.735. The molecule has 0 unspecified atom stereocenters. The highest BCUT2D eigenvalue weighted by Gasteiger charge is 2.29. The summed E-state index contributed by atoms with van der Waals surface area (Å²) in [7, 11) is 1.98. The Hall–Kier alpha value is -1.83. The highest BCUT2D eigenvalue weighted by Crippen LogP contribution is 2.42. The van der Waals surface area contributed by atoms with Gasteiger partial charge in [-0.15, -0.1) is 0 Å². The second kappa shape index (κ2) is 3.88. The molecular weight excluding hydrogens is 210 g/mol. The van der Waals surface area contributed by atoms with E-state index in [0.717, 1.165) is 11.1 Å². The van der Waals surface area contributed by atoms with Gasteiger partial charge >= 0.3 is 0 Å². The molecule has 1 aliphatic rings. The molecule has 1 saturated carbocycles. The van der Waals surface area contributed by atoms with E-state index in [1.807, 2.05) is 48.1 Å². The summed E-state index contributed by atoms with van der Waals surface area (Å²) < 4.78 is 1.99. The predicted octanol–water partition coefficient (Wildman–Crippen LogP) is 3.13. The molecule has 2 aromatic rings. The molecule has 0 spiro atoms. The van der Waals surface area contributed by atoms with E-state index >= 15 is 0 Å². The lowest BCUT2D eigenvalue weighted by Crippen LogP contribution is -2.02. The van der Waals surface area contributed by atoms with Crippen molar-refractivity contribution in [3.8, 4) is 0 Å². The highest BCUT2D eigenvalue weighted by molar-refractivity contribution is 6.10. The van der Waals surface area contributed by atoms with Crippen LogP contribution in [0.5, 0.6) is 0 Å². The fourth-order valence-corrected chi connectivity index (χ4v) is 2.26. The minimum Gasteiger partial charge on any atom is -0.356 e. The molecule has 0 amide bonds. The minimum absolute atomic E-state index is 0.146. The van der Waals surface area contributed by atoms with Crippen LogP contribution in [0.3, 0.4) is 0 Å². The molecule has 1 fully saturated rings. The fourth-order valence-electron chi connectivity index (χ4n) is 2.26. The number of benzene rings is 1. The lowest BCUT2D eigenvalue weighted by Gasteiger charge is -2.01. The first-order chi connectivity index (χ1) is 8.25. The van der Waals surface area contributed by atoms with Gasteiger partial charge in [0.05, 0.1) is 0 Å². The van der Waals surface area contributed by atoms with Crippen molar-refractivity contribution in [1.29, 1.82) is 0 Å². The zero-order chi connectivity index (χ0) is 11.8. The summed E-state index contributed by atoms with van der Waals surface area (Å²) in [4.78, 5) is 12.4. The number of rotatable bonds is 3. The summed E-state index contributed by atoms with van der Waals surface area (Å²) in [5, 5.41) is 0. The van der Waals surface area contributed by atoms with Crippen molar-refractivity contribution in [1.82, 2.24) is 4.57 Å². The number of carbonyl (C=O) groups is 1. The van der Waals surface area contributed by atoms with Gasteiger partial charge in [0.15, 0.2) is 5.78 Å². The molecule has 3 rings (SSSR count). The van der Waals surface area contributed by atoms with Crippen LogP contribution in [0, 0.1) is 0 Å². The normalized spacial score (nSPS) is 14.9. The van der Waals surface area contributed by atoms with E-state index in [2.05, 4.69) is 6.20 Å². The number of aryl methyl sites for hydroxylation is 1. The average Bonchev–Trinajstić information content (AvgIpc) is 3.13. The number of ketones is 1. The molecule has 17 heavy (non-hydrogen) atoms. The van der Waals surface area contributed by atoms with Gasteiger partial charge in [0.1, 0.15) is 0 Å². The molecular formula is C15H15NO. The van der Waals surface area contributed by atoms with Crippen molar-refractivity contribution < 1.29 is 4.79 Å².